The molecular weight excluding hydrogens is 644 g/mol. The molecule has 2 heterocycles. The third-order valence-electron chi connectivity index (χ3n) is 7.13. The first-order valence-corrected chi connectivity index (χ1v) is 16.9. The van der Waals surface area contributed by atoms with Crippen LogP contribution in [0.25, 0.3) is 22.5 Å². The fourth-order valence-electron chi connectivity index (χ4n) is 4.51. The molecule has 4 aromatic rings. The van der Waals surface area contributed by atoms with Crippen LogP contribution < -0.4 is 21.3 Å². The van der Waals surface area contributed by atoms with Gasteiger partial charge in [0.15, 0.2) is 0 Å². The van der Waals surface area contributed by atoms with Gasteiger partial charge in [-0.1, -0.05) is 71.1 Å². The fourth-order valence-corrected chi connectivity index (χ4v) is 4.51. The molecule has 4 amide bonds. The van der Waals surface area contributed by atoms with E-state index in [9.17, 15) is 9.59 Å². The summed E-state index contributed by atoms with van der Waals surface area (Å²) >= 11 is 0. The van der Waals surface area contributed by atoms with E-state index in [0.717, 1.165) is 35.4 Å². The van der Waals surface area contributed by atoms with Crippen molar-refractivity contribution in [3.8, 4) is 22.5 Å². The number of ether oxygens (including phenoxy) is 4. The van der Waals surface area contributed by atoms with Crippen LogP contribution in [0.3, 0.4) is 0 Å². The molecule has 16 nitrogen and oxygen atoms in total. The molecule has 0 bridgehead atoms. The molecule has 0 aliphatic rings. The highest BCUT2D eigenvalue weighted by Crippen LogP contribution is 2.15. The lowest BCUT2D eigenvalue weighted by atomic mass is 10.2. The Morgan fingerprint density at radius 1 is 0.500 bits per heavy atom. The third kappa shape index (κ3) is 15.5. The smallest absolute Gasteiger partial charge is 0.314 e. The highest BCUT2D eigenvalue weighted by Gasteiger charge is 2.05. The van der Waals surface area contributed by atoms with Crippen molar-refractivity contribution < 1.29 is 28.5 Å². The van der Waals surface area contributed by atoms with Crippen molar-refractivity contribution in [2.24, 2.45) is 0 Å². The number of benzene rings is 2. The minimum Gasteiger partial charge on any atom is -0.377 e. The molecule has 16 heteroatoms. The maximum atomic E-state index is 11.9. The number of unbranched alkanes of at least 4 members (excludes halogenated alkanes) is 1. The molecule has 2 aromatic carbocycles. The van der Waals surface area contributed by atoms with Gasteiger partial charge in [0.25, 0.3) is 0 Å². The number of nitrogens with one attached hydrogen (secondary N) is 4. The van der Waals surface area contributed by atoms with Gasteiger partial charge >= 0.3 is 12.1 Å². The van der Waals surface area contributed by atoms with Crippen LogP contribution in [-0.4, -0.2) is 121 Å². The highest BCUT2D eigenvalue weighted by molar-refractivity contribution is 5.74. The molecule has 0 unspecified atom stereocenters. The highest BCUT2D eigenvalue weighted by atomic mass is 16.5. The zero-order valence-electron chi connectivity index (χ0n) is 28.4. The number of nitrogens with zero attached hydrogens (tertiary/aromatic N) is 6. The zero-order valence-corrected chi connectivity index (χ0v) is 28.4. The third-order valence-corrected chi connectivity index (χ3v) is 7.13. The number of rotatable bonds is 25. The van der Waals surface area contributed by atoms with Crippen molar-refractivity contribution in [3.05, 3.63) is 73.1 Å². The molecule has 0 aliphatic heterocycles. The Morgan fingerprint density at radius 3 is 1.30 bits per heavy atom. The molecule has 2 aromatic heterocycles. The topological polar surface area (TPSA) is 181 Å². The molecule has 0 aliphatic carbocycles. The van der Waals surface area contributed by atoms with Crippen LogP contribution in [0, 0.1) is 0 Å². The van der Waals surface area contributed by atoms with Crippen LogP contribution in [0.4, 0.5) is 9.59 Å². The average Bonchev–Trinajstić information content (AvgIpc) is 3.83. The largest absolute Gasteiger partial charge is 0.377 e. The summed E-state index contributed by atoms with van der Waals surface area (Å²) in [5.41, 5.74) is 3.71. The second-order valence-electron chi connectivity index (χ2n) is 11.0. The van der Waals surface area contributed by atoms with Gasteiger partial charge in [-0.3, -0.25) is 0 Å². The maximum Gasteiger partial charge on any atom is 0.314 e. The Balaban J connectivity index is 0.847. The predicted molar refractivity (Wildman–Crippen MR) is 186 cm³/mol. The molecule has 0 saturated heterocycles. The van der Waals surface area contributed by atoms with Crippen molar-refractivity contribution in [2.75, 3.05) is 79.0 Å². The van der Waals surface area contributed by atoms with Crippen molar-refractivity contribution in [3.63, 3.8) is 0 Å². The van der Waals surface area contributed by atoms with Gasteiger partial charge < -0.3 is 40.2 Å². The van der Waals surface area contributed by atoms with Crippen LogP contribution in [0.2, 0.25) is 0 Å². The van der Waals surface area contributed by atoms with Crippen molar-refractivity contribution in [1.29, 1.82) is 0 Å². The molecule has 0 atom stereocenters. The predicted octanol–water partition coefficient (Wildman–Crippen LogP) is 2.35. The molecule has 0 radical (unpaired) electrons. The van der Waals surface area contributed by atoms with Crippen molar-refractivity contribution in [2.45, 2.75) is 25.9 Å². The summed E-state index contributed by atoms with van der Waals surface area (Å²) in [5, 5.41) is 27.7. The summed E-state index contributed by atoms with van der Waals surface area (Å²) in [6.45, 7) is 6.54. The van der Waals surface area contributed by atoms with Gasteiger partial charge in [-0.25, -0.2) is 19.0 Å². The normalized spacial score (nSPS) is 11.0. The molecule has 4 rings (SSSR count). The SMILES string of the molecule is O=C(NCCCCNC(=O)NCCOCCOCCn1cc(-c2ccccc2)nn1)NCCOCCOCCn1cc(-c2ccccc2)nn1. The first kappa shape index (κ1) is 37.9. The molecular formula is C34H48N10O6. The Hall–Kier alpha value is -4.90. The van der Waals surface area contributed by atoms with Crippen LogP contribution in [0.5, 0.6) is 0 Å². The van der Waals surface area contributed by atoms with Gasteiger partial charge in [-0.15, -0.1) is 10.2 Å². The van der Waals surface area contributed by atoms with Gasteiger partial charge in [0, 0.05) is 37.3 Å². The quantitative estimate of drug-likeness (QED) is 0.0753. The minimum absolute atomic E-state index is 0.253. The number of hydrogen-bond donors (Lipinski definition) is 4. The van der Waals surface area contributed by atoms with E-state index in [1.165, 1.54) is 0 Å². The maximum absolute atomic E-state index is 11.9. The number of urea groups is 2. The average molecular weight is 693 g/mol. The summed E-state index contributed by atoms with van der Waals surface area (Å²) in [6, 6.07) is 19.3. The lowest BCUT2D eigenvalue weighted by Crippen LogP contribution is -2.39. The number of aromatic nitrogens is 6. The Bertz CT molecular complexity index is 1380. The van der Waals surface area contributed by atoms with E-state index in [-0.39, 0.29) is 12.1 Å². The van der Waals surface area contributed by atoms with E-state index in [1.807, 2.05) is 73.1 Å². The lowest BCUT2D eigenvalue weighted by molar-refractivity contribution is 0.0454. The van der Waals surface area contributed by atoms with Gasteiger partial charge in [0.1, 0.15) is 11.4 Å². The van der Waals surface area contributed by atoms with Gasteiger partial charge in [-0.2, -0.15) is 0 Å². The summed E-state index contributed by atoms with van der Waals surface area (Å²) < 4.78 is 25.7. The number of carbonyl (C=O) groups is 2. The monoisotopic (exact) mass is 692 g/mol. The summed E-state index contributed by atoms with van der Waals surface area (Å²) in [5.74, 6) is 0. The lowest BCUT2D eigenvalue weighted by Gasteiger charge is -2.10. The number of carbonyl (C=O) groups excluding carboxylic acids is 2. The van der Waals surface area contributed by atoms with Crippen molar-refractivity contribution in [1.82, 2.24) is 51.3 Å². The Labute approximate surface area is 292 Å². The van der Waals surface area contributed by atoms with E-state index >= 15 is 0 Å². The zero-order chi connectivity index (χ0) is 34.9. The summed E-state index contributed by atoms with van der Waals surface area (Å²) in [7, 11) is 0. The molecule has 270 valence electrons. The molecule has 0 fully saturated rings. The molecule has 0 saturated carbocycles. The van der Waals surface area contributed by atoms with Gasteiger partial charge in [0.2, 0.25) is 0 Å². The van der Waals surface area contributed by atoms with Crippen LogP contribution in [-0.2, 0) is 32.0 Å². The number of hydrogen-bond acceptors (Lipinski definition) is 10. The minimum atomic E-state index is -0.253. The molecule has 50 heavy (non-hydrogen) atoms. The Kier molecular flexibility index (Phi) is 17.8. The van der Waals surface area contributed by atoms with Crippen molar-refractivity contribution >= 4 is 12.1 Å². The second-order valence-corrected chi connectivity index (χ2v) is 11.0. The second kappa shape index (κ2) is 23.5. The molecule has 0 spiro atoms. The fraction of sp³-hybridized carbons (Fsp3) is 0.471. The van der Waals surface area contributed by atoms with E-state index in [0.29, 0.717) is 92.1 Å². The van der Waals surface area contributed by atoms with Gasteiger partial charge in [0.05, 0.1) is 78.3 Å². The van der Waals surface area contributed by atoms with E-state index < -0.39 is 0 Å². The van der Waals surface area contributed by atoms with E-state index in [4.69, 9.17) is 18.9 Å². The van der Waals surface area contributed by atoms with Crippen LogP contribution >= 0.6 is 0 Å². The van der Waals surface area contributed by atoms with Crippen LogP contribution in [0.15, 0.2) is 73.1 Å². The molecule has 4 N–H and O–H groups in total. The Morgan fingerprint density at radius 2 is 0.880 bits per heavy atom. The summed E-state index contributed by atoms with van der Waals surface area (Å²) in [6.07, 6.45) is 5.26. The first-order chi connectivity index (χ1) is 24.7. The summed E-state index contributed by atoms with van der Waals surface area (Å²) in [4.78, 5) is 23.8. The van der Waals surface area contributed by atoms with Crippen LogP contribution in [0.1, 0.15) is 12.8 Å². The van der Waals surface area contributed by atoms with E-state index in [1.54, 1.807) is 9.36 Å². The van der Waals surface area contributed by atoms with Gasteiger partial charge in [-0.05, 0) is 12.8 Å². The van der Waals surface area contributed by atoms with E-state index in [2.05, 4.69) is 41.9 Å². The first-order valence-electron chi connectivity index (χ1n) is 16.9. The number of amides is 4. The standard InChI is InChI=1S/C34H48N10O6/c45-33(37-15-19-47-23-25-49-21-17-43-27-31(39-41-43)29-9-3-1-4-10-29)35-13-7-8-14-36-34(46)38-16-20-48-24-26-50-22-18-44-28-32(40-42-44)30-11-5-2-6-12-30/h1-6,9-12,27-28H,7-8,13-26H2,(H2,35,37,45)(H2,36,38,46).